The number of carbonyl (C=O) groups is 3. The molecule has 0 aliphatic rings. The molecule has 0 aromatic rings. The maximum Gasteiger partial charge on any atom is 0.305 e. The van der Waals surface area contributed by atoms with Crippen molar-refractivity contribution in [2.75, 3.05) is 52.8 Å². The summed E-state index contributed by atoms with van der Waals surface area (Å²) in [5.41, 5.74) is -1.12. The molecule has 0 saturated carbocycles. The zero-order valence-electron chi connectivity index (χ0n) is 17.3. The molecule has 0 bridgehead atoms. The summed E-state index contributed by atoms with van der Waals surface area (Å²) in [6.45, 7) is -1.25. The number of rotatable bonds is 19. The van der Waals surface area contributed by atoms with Gasteiger partial charge in [-0.25, -0.2) is 0 Å². The zero-order valence-corrected chi connectivity index (χ0v) is 20.2. The first-order chi connectivity index (χ1) is 13.2. The van der Waals surface area contributed by atoms with Crippen molar-refractivity contribution in [2.45, 2.75) is 30.9 Å². The molecule has 0 fully saturated rings. The van der Waals surface area contributed by atoms with Gasteiger partial charge in [-0.1, -0.05) is 0 Å². The summed E-state index contributed by atoms with van der Waals surface area (Å²) in [5, 5.41) is 47.5. The standard InChI is InChI=1S/C16H29NO11.2H2O.O.W/c18-8-12(19)7-17-16(9-26-4-1-13(20)21,10-27-5-2-14(22)23)11-28-6-3-15(24)25;;;;/h12,17-19H,1-11H2,(H,20,21)(H,22,23)(H,24,25);2*1H2;;/q;;;-2;/p-1. The Hall–Kier alpha value is -1.26. The van der Waals surface area contributed by atoms with Crippen molar-refractivity contribution in [1.82, 2.24) is 5.32 Å². The van der Waals surface area contributed by atoms with Crippen molar-refractivity contribution in [3.05, 3.63) is 0 Å². The van der Waals surface area contributed by atoms with E-state index in [0.717, 1.165) is 0 Å². The van der Waals surface area contributed by atoms with Gasteiger partial charge in [0.05, 0.1) is 77.2 Å². The summed E-state index contributed by atoms with van der Waals surface area (Å²) in [6.07, 6.45) is -1.82. The van der Waals surface area contributed by atoms with E-state index in [0.29, 0.717) is 0 Å². The molecular weight excluding hydrogens is 614 g/mol. The van der Waals surface area contributed by atoms with Crippen LogP contribution in [0, 0.1) is 0 Å². The maximum absolute atomic E-state index is 10.6. The summed E-state index contributed by atoms with van der Waals surface area (Å²) in [6, 6.07) is 0. The molecule has 194 valence electrons. The summed E-state index contributed by atoms with van der Waals surface area (Å²) >= 11 is 0. The van der Waals surface area contributed by atoms with Gasteiger partial charge in [-0.2, -0.15) is 0 Å². The molecule has 0 aromatic heterocycles. The second-order valence-corrected chi connectivity index (χ2v) is 6.09. The van der Waals surface area contributed by atoms with Crippen molar-refractivity contribution in [3.63, 3.8) is 0 Å². The summed E-state index contributed by atoms with van der Waals surface area (Å²) in [5.74, 6) is -3.15. The van der Waals surface area contributed by atoms with E-state index in [1.807, 2.05) is 0 Å². The van der Waals surface area contributed by atoms with Crippen LogP contribution in [-0.2, 0) is 55.1 Å². The monoisotopic (exact) mass is 646 g/mol. The third-order valence-corrected chi connectivity index (χ3v) is 3.44. The van der Waals surface area contributed by atoms with Gasteiger partial charge in [0.15, 0.2) is 0 Å². The van der Waals surface area contributed by atoms with Crippen LogP contribution in [0.2, 0.25) is 0 Å². The predicted octanol–water partition coefficient (Wildman–Crippen LogP) is -2.98. The van der Waals surface area contributed by atoms with Crippen molar-refractivity contribution >= 4 is 17.9 Å². The first-order valence-corrected chi connectivity index (χ1v) is 8.63. The third-order valence-electron chi connectivity index (χ3n) is 3.44. The number of hydrogen-bond donors (Lipinski definition) is 6. The first kappa shape index (κ1) is 41.0. The summed E-state index contributed by atoms with van der Waals surface area (Å²) in [7, 11) is 0. The largest absolute Gasteiger partial charge is 2.00 e. The van der Waals surface area contributed by atoms with Crippen LogP contribution in [0.1, 0.15) is 19.3 Å². The second kappa shape index (κ2) is 24.4. The molecule has 0 rings (SSSR count). The molecule has 0 aromatic carbocycles. The third kappa shape index (κ3) is 23.4. The molecule has 1 unspecified atom stereocenters. The number of β-amino-alcohol motifs (C(OH)–C–C–N with tert-alkyl or cyclic N) is 1. The van der Waals surface area contributed by atoms with Gasteiger partial charge in [0.1, 0.15) is 0 Å². The molecule has 0 amide bonds. The van der Waals surface area contributed by atoms with Crippen LogP contribution in [0.3, 0.4) is 0 Å². The number of hydrogen-bond acceptors (Lipinski definition) is 10. The number of carboxylic acid groups (broad SMARTS) is 3. The van der Waals surface area contributed by atoms with Crippen LogP contribution in [0.15, 0.2) is 0 Å². The Morgan fingerprint density at radius 3 is 1.38 bits per heavy atom. The van der Waals surface area contributed by atoms with Gasteiger partial charge >= 0.3 is 17.9 Å². The van der Waals surface area contributed by atoms with Crippen LogP contribution in [0.25, 0.3) is 0 Å². The minimum Gasteiger partial charge on any atom is -2.00 e. The first-order valence-electron chi connectivity index (χ1n) is 8.63. The minimum atomic E-state index is -1.12. The van der Waals surface area contributed by atoms with E-state index in [2.05, 4.69) is 5.32 Å². The Morgan fingerprint density at radius 1 is 0.812 bits per heavy atom. The van der Waals surface area contributed by atoms with Crippen molar-refractivity contribution < 1.29 is 91.6 Å². The Balaban J connectivity index is -0.000000607. The molecule has 0 heterocycles. The van der Waals surface area contributed by atoms with Gasteiger partial charge in [0.2, 0.25) is 0 Å². The van der Waals surface area contributed by atoms with E-state index >= 15 is 0 Å². The van der Waals surface area contributed by atoms with Gasteiger partial charge in [-0.15, -0.1) is 0 Å². The van der Waals surface area contributed by atoms with E-state index < -0.39 is 36.2 Å². The summed E-state index contributed by atoms with van der Waals surface area (Å²) < 4.78 is 16.1. The quantitative estimate of drug-likeness (QED) is 0.0765. The van der Waals surface area contributed by atoms with Crippen LogP contribution in [-0.4, -0.2) is 119 Å². The number of ether oxygens (including phenoxy) is 3. The average Bonchev–Trinajstić information content (AvgIpc) is 2.63. The van der Waals surface area contributed by atoms with Crippen LogP contribution < -0.4 is 5.32 Å². The number of aliphatic hydroxyl groups excluding tert-OH is 2. The van der Waals surface area contributed by atoms with Crippen LogP contribution in [0.4, 0.5) is 0 Å². The number of aliphatic hydroxyl groups is 2. The molecule has 0 radical (unpaired) electrons. The molecule has 0 aliphatic carbocycles. The van der Waals surface area contributed by atoms with Gasteiger partial charge in [-0.3, -0.25) is 14.4 Å². The zero-order chi connectivity index (χ0) is 21.4. The SMILES string of the molecule is O.O=C(O)CCOCC(COCCC(=O)O)(COCCC(=O)O)NCC(O)CO.[O-2].[OH-].[W]. The molecule has 32 heavy (non-hydrogen) atoms. The van der Waals surface area contributed by atoms with Crippen LogP contribution in [0.5, 0.6) is 0 Å². The van der Waals surface area contributed by atoms with Gasteiger partial charge < -0.3 is 61.5 Å². The van der Waals surface area contributed by atoms with E-state index in [1.165, 1.54) is 0 Å². The summed E-state index contributed by atoms with van der Waals surface area (Å²) in [4.78, 5) is 31.8. The Kier molecular flexibility index (Phi) is 31.3. The van der Waals surface area contributed by atoms with Crippen LogP contribution >= 0.6 is 0 Å². The minimum absolute atomic E-state index is 0. The van der Waals surface area contributed by atoms with E-state index in [1.54, 1.807) is 0 Å². The number of aliphatic carboxylic acids is 3. The van der Waals surface area contributed by atoms with Crippen molar-refractivity contribution in [2.24, 2.45) is 0 Å². The smallest absolute Gasteiger partial charge is 0.305 e. The van der Waals surface area contributed by atoms with Gasteiger partial charge in [0, 0.05) is 27.6 Å². The van der Waals surface area contributed by atoms with Crippen molar-refractivity contribution in [1.29, 1.82) is 0 Å². The molecule has 0 saturated heterocycles. The fourth-order valence-electron chi connectivity index (χ4n) is 1.96. The fraction of sp³-hybridized carbons (Fsp3) is 0.812. The van der Waals surface area contributed by atoms with Gasteiger partial charge in [-0.05, 0) is 0 Å². The molecule has 0 aliphatic heterocycles. The molecule has 0 spiro atoms. The topological polar surface area (TPSA) is 282 Å². The Morgan fingerprint density at radius 2 is 1.12 bits per heavy atom. The van der Waals surface area contributed by atoms with Crippen molar-refractivity contribution in [3.8, 4) is 0 Å². The molecule has 1 atom stereocenters. The molecular formula is C16H32NO14W-3. The molecule has 16 heteroatoms. The molecule has 15 nitrogen and oxygen atoms in total. The van der Waals surface area contributed by atoms with E-state index in [4.69, 9.17) is 34.6 Å². The average molecular weight is 646 g/mol. The predicted molar refractivity (Wildman–Crippen MR) is 99.3 cm³/mol. The maximum atomic E-state index is 10.6. The Labute approximate surface area is 198 Å². The Bertz CT molecular complexity index is 427. The van der Waals surface area contributed by atoms with Gasteiger partial charge in [0.25, 0.3) is 0 Å². The van der Waals surface area contributed by atoms with E-state index in [-0.39, 0.29) is 103 Å². The number of carboxylic acids is 3. The normalized spacial score (nSPS) is 11.1. The molecule has 9 N–H and O–H groups in total. The second-order valence-electron chi connectivity index (χ2n) is 6.09. The fourth-order valence-corrected chi connectivity index (χ4v) is 1.96. The number of nitrogens with one attached hydrogen (secondary N) is 1. The van der Waals surface area contributed by atoms with E-state index in [9.17, 15) is 19.5 Å².